The first-order valence-electron chi connectivity index (χ1n) is 13.8. The van der Waals surface area contributed by atoms with Crippen LogP contribution in [0.3, 0.4) is 0 Å². The summed E-state index contributed by atoms with van der Waals surface area (Å²) in [4.78, 5) is 29.3. The smallest absolute Gasteiger partial charge is 0.243 e. The van der Waals surface area contributed by atoms with Crippen LogP contribution in [0.25, 0.3) is 0 Å². The molecule has 0 spiro atoms. The van der Waals surface area contributed by atoms with Crippen molar-refractivity contribution in [3.63, 3.8) is 0 Å². The number of amides is 2. The number of rotatable bonds is 12. The number of hydrogen-bond acceptors (Lipinski definition) is 3. The molecule has 4 rings (SSSR count). The highest BCUT2D eigenvalue weighted by Crippen LogP contribution is 2.25. The normalized spacial score (nSPS) is 14.4. The summed E-state index contributed by atoms with van der Waals surface area (Å²) in [6, 6.07) is 21.6. The van der Waals surface area contributed by atoms with Gasteiger partial charge in [-0.15, -0.1) is 0 Å². The van der Waals surface area contributed by atoms with Gasteiger partial charge in [0, 0.05) is 40.5 Å². The molecule has 0 aliphatic heterocycles. The lowest BCUT2D eigenvalue weighted by Gasteiger charge is -2.33. The Balaban J connectivity index is 1.54. The molecule has 0 saturated heterocycles. The van der Waals surface area contributed by atoms with Crippen LogP contribution in [-0.2, 0) is 22.6 Å². The van der Waals surface area contributed by atoms with Gasteiger partial charge in [0.05, 0.1) is 6.61 Å². The molecule has 1 fully saturated rings. The van der Waals surface area contributed by atoms with Gasteiger partial charge in [-0.3, -0.25) is 9.59 Å². The van der Waals surface area contributed by atoms with Gasteiger partial charge in [0.2, 0.25) is 11.8 Å². The van der Waals surface area contributed by atoms with Crippen LogP contribution in [-0.4, -0.2) is 35.4 Å². The van der Waals surface area contributed by atoms with Crippen molar-refractivity contribution in [3.05, 3.63) is 99.0 Å². The molecule has 3 aromatic rings. The van der Waals surface area contributed by atoms with Crippen LogP contribution in [0, 0.1) is 0 Å². The van der Waals surface area contributed by atoms with E-state index in [0.717, 1.165) is 36.8 Å². The van der Waals surface area contributed by atoms with Crippen molar-refractivity contribution in [1.29, 1.82) is 0 Å². The maximum atomic E-state index is 13.8. The minimum atomic E-state index is -0.694. The third-order valence-corrected chi connectivity index (χ3v) is 8.03. The number of halogens is 3. The number of carbonyl (C=O) groups is 2. The first-order valence-corrected chi connectivity index (χ1v) is 15.0. The minimum absolute atomic E-state index is 0.128. The molecule has 1 atom stereocenters. The molecule has 40 heavy (non-hydrogen) atoms. The monoisotopic (exact) mass is 600 g/mol. The van der Waals surface area contributed by atoms with E-state index in [4.69, 9.17) is 39.5 Å². The largest absolute Gasteiger partial charge is 0.494 e. The molecule has 1 aliphatic carbocycles. The summed E-state index contributed by atoms with van der Waals surface area (Å²) in [5.74, 6) is 0.424. The summed E-state index contributed by atoms with van der Waals surface area (Å²) in [6.45, 7) is 0.559. The van der Waals surface area contributed by atoms with Crippen molar-refractivity contribution in [2.24, 2.45) is 0 Å². The average Bonchev–Trinajstić information content (AvgIpc) is 2.96. The van der Waals surface area contributed by atoms with Gasteiger partial charge >= 0.3 is 0 Å². The highest BCUT2D eigenvalue weighted by atomic mass is 35.5. The molecule has 8 heteroatoms. The number of nitrogens with zero attached hydrogens (tertiary/aromatic N) is 1. The summed E-state index contributed by atoms with van der Waals surface area (Å²) >= 11 is 18.6. The van der Waals surface area contributed by atoms with Gasteiger partial charge in [-0.1, -0.05) is 90.5 Å². The fourth-order valence-electron chi connectivity index (χ4n) is 5.02. The Hall–Kier alpha value is -2.73. The lowest BCUT2D eigenvalue weighted by atomic mass is 9.94. The maximum absolute atomic E-state index is 13.8. The molecule has 3 aromatic carbocycles. The number of ether oxygens (including phenoxy) is 1. The highest BCUT2D eigenvalue weighted by Gasteiger charge is 2.32. The molecule has 2 amide bonds. The molecular formula is C32H35Cl3N2O3. The third-order valence-electron chi connectivity index (χ3n) is 7.20. The van der Waals surface area contributed by atoms with Gasteiger partial charge < -0.3 is 15.0 Å². The number of carbonyl (C=O) groups excluding carboxylic acids is 2. The van der Waals surface area contributed by atoms with Crippen molar-refractivity contribution in [1.82, 2.24) is 10.2 Å². The van der Waals surface area contributed by atoms with Gasteiger partial charge in [-0.25, -0.2) is 0 Å². The van der Waals surface area contributed by atoms with Crippen molar-refractivity contribution >= 4 is 46.6 Å². The summed E-state index contributed by atoms with van der Waals surface area (Å²) in [5, 5.41) is 4.87. The lowest BCUT2D eigenvalue weighted by Crippen LogP contribution is -2.52. The highest BCUT2D eigenvalue weighted by molar-refractivity contribution is 6.35. The van der Waals surface area contributed by atoms with E-state index >= 15 is 0 Å². The Kier molecular flexibility index (Phi) is 11.6. The third kappa shape index (κ3) is 9.15. The number of benzene rings is 3. The summed E-state index contributed by atoms with van der Waals surface area (Å²) < 4.78 is 5.80. The van der Waals surface area contributed by atoms with Crippen molar-refractivity contribution < 1.29 is 14.3 Å². The topological polar surface area (TPSA) is 58.6 Å². The first kappa shape index (κ1) is 30.2. The van der Waals surface area contributed by atoms with Crippen LogP contribution in [0.2, 0.25) is 15.1 Å². The Morgan fingerprint density at radius 1 is 0.900 bits per heavy atom. The SMILES string of the molecule is O=C(NC1CCCCC1)[C@@H](Cc1ccccc1)N(Cc1ccc(Cl)cc1Cl)C(=O)CCCOc1ccc(Cl)cc1. The van der Waals surface area contributed by atoms with Crippen molar-refractivity contribution in [3.8, 4) is 5.75 Å². The summed E-state index contributed by atoms with van der Waals surface area (Å²) in [5.41, 5.74) is 1.72. The zero-order chi connectivity index (χ0) is 28.3. The average molecular weight is 602 g/mol. The van der Waals surface area contributed by atoms with E-state index in [-0.39, 0.29) is 30.8 Å². The molecule has 1 saturated carbocycles. The standard InChI is InChI=1S/C32H35Cl3N2O3/c33-25-15-17-28(18-16-25)40-19-7-12-31(38)37(22-24-13-14-26(34)21-29(24)35)30(20-23-8-3-1-4-9-23)32(39)36-27-10-5-2-6-11-27/h1,3-4,8-9,13-18,21,27,30H,2,5-7,10-12,19-20,22H2,(H,36,39)/t30-/m1/s1. The molecule has 5 nitrogen and oxygen atoms in total. The van der Waals surface area contributed by atoms with Gasteiger partial charge in [0.25, 0.3) is 0 Å². The van der Waals surface area contributed by atoms with E-state index in [1.165, 1.54) is 6.42 Å². The molecule has 0 heterocycles. The van der Waals surface area contributed by atoms with Crippen molar-refractivity contribution in [2.75, 3.05) is 6.61 Å². The van der Waals surface area contributed by atoms with Crippen LogP contribution in [0.15, 0.2) is 72.8 Å². The minimum Gasteiger partial charge on any atom is -0.494 e. The Morgan fingerprint density at radius 2 is 1.60 bits per heavy atom. The zero-order valence-corrected chi connectivity index (χ0v) is 24.7. The summed E-state index contributed by atoms with van der Waals surface area (Å²) in [7, 11) is 0. The van der Waals surface area contributed by atoms with Crippen molar-refractivity contribution in [2.45, 2.75) is 70.0 Å². The second-order valence-corrected chi connectivity index (χ2v) is 11.5. The Labute approximate surface area is 251 Å². The fraction of sp³-hybridized carbons (Fsp3) is 0.375. The molecule has 0 aromatic heterocycles. The number of nitrogens with one attached hydrogen (secondary N) is 1. The predicted molar refractivity (Wildman–Crippen MR) is 162 cm³/mol. The first-order chi connectivity index (χ1) is 19.4. The number of hydrogen-bond donors (Lipinski definition) is 1. The molecule has 0 radical (unpaired) electrons. The molecule has 212 valence electrons. The van der Waals surface area contributed by atoms with E-state index in [1.54, 1.807) is 41.3 Å². The van der Waals surface area contributed by atoms with Crippen LogP contribution in [0.5, 0.6) is 5.75 Å². The van der Waals surface area contributed by atoms with Gasteiger partial charge in [-0.2, -0.15) is 0 Å². The van der Waals surface area contributed by atoms with E-state index in [9.17, 15) is 9.59 Å². The molecule has 0 unspecified atom stereocenters. The van der Waals surface area contributed by atoms with Crippen LogP contribution >= 0.6 is 34.8 Å². The van der Waals surface area contributed by atoms with Crippen LogP contribution < -0.4 is 10.1 Å². The maximum Gasteiger partial charge on any atom is 0.243 e. The van der Waals surface area contributed by atoms with E-state index in [0.29, 0.717) is 40.3 Å². The van der Waals surface area contributed by atoms with Gasteiger partial charge in [-0.05, 0) is 66.8 Å². The molecule has 1 aliphatic rings. The van der Waals surface area contributed by atoms with E-state index in [1.807, 2.05) is 36.4 Å². The quantitative estimate of drug-likeness (QED) is 0.215. The van der Waals surface area contributed by atoms with Gasteiger partial charge in [0.15, 0.2) is 0 Å². The lowest BCUT2D eigenvalue weighted by molar-refractivity contribution is -0.141. The van der Waals surface area contributed by atoms with Crippen LogP contribution in [0.4, 0.5) is 0 Å². The predicted octanol–water partition coefficient (Wildman–Crippen LogP) is 7.89. The van der Waals surface area contributed by atoms with E-state index in [2.05, 4.69) is 5.32 Å². The Morgan fingerprint density at radius 3 is 2.30 bits per heavy atom. The second-order valence-electron chi connectivity index (χ2n) is 10.2. The second kappa shape index (κ2) is 15.3. The molecule has 1 N–H and O–H groups in total. The molecule has 0 bridgehead atoms. The van der Waals surface area contributed by atoms with Crippen LogP contribution in [0.1, 0.15) is 56.1 Å². The fourth-order valence-corrected chi connectivity index (χ4v) is 5.61. The van der Waals surface area contributed by atoms with E-state index < -0.39 is 6.04 Å². The molecular weight excluding hydrogens is 567 g/mol. The van der Waals surface area contributed by atoms with Gasteiger partial charge in [0.1, 0.15) is 11.8 Å². The zero-order valence-electron chi connectivity index (χ0n) is 22.5. The summed E-state index contributed by atoms with van der Waals surface area (Å²) in [6.07, 6.45) is 6.44. The Bertz CT molecular complexity index is 1250.